The van der Waals surface area contributed by atoms with Crippen LogP contribution in [0.4, 0.5) is 19.0 Å². The van der Waals surface area contributed by atoms with Gasteiger partial charge in [0.15, 0.2) is 5.04 Å². The van der Waals surface area contributed by atoms with Gasteiger partial charge in [0.05, 0.1) is 5.88 Å². The molecule has 0 N–H and O–H groups in total. The van der Waals surface area contributed by atoms with Crippen LogP contribution in [0.2, 0.25) is 0 Å². The number of aromatic nitrogens is 2. The summed E-state index contributed by atoms with van der Waals surface area (Å²) >= 11 is 2.07. The fourth-order valence-corrected chi connectivity index (χ4v) is 2.94. The molecule has 20 heavy (non-hydrogen) atoms. The van der Waals surface area contributed by atoms with E-state index in [2.05, 4.69) is 15.1 Å². The molecular formula is C11H7F3N4S2. The summed E-state index contributed by atoms with van der Waals surface area (Å²) in [5.41, 5.74) is 0.623. The first-order chi connectivity index (χ1) is 9.54. The van der Waals surface area contributed by atoms with Gasteiger partial charge in [-0.3, -0.25) is 0 Å². The predicted molar refractivity (Wildman–Crippen MR) is 73.8 cm³/mol. The molecule has 4 nitrogen and oxygen atoms in total. The molecule has 0 aromatic carbocycles. The van der Waals surface area contributed by atoms with Crippen molar-refractivity contribution in [3.8, 4) is 10.7 Å². The number of hydrazone groups is 1. The van der Waals surface area contributed by atoms with Crippen LogP contribution in [0.5, 0.6) is 0 Å². The molecule has 1 aliphatic rings. The summed E-state index contributed by atoms with van der Waals surface area (Å²) in [7, 11) is 0. The SMILES string of the molecule is FC(F)(F)C1=NN(c2cccc(-c3nccs3)n2)CS1. The van der Waals surface area contributed by atoms with Crippen molar-refractivity contribution in [3.05, 3.63) is 29.8 Å². The van der Waals surface area contributed by atoms with Gasteiger partial charge in [0, 0.05) is 11.6 Å². The smallest absolute Gasteiger partial charge is 0.243 e. The van der Waals surface area contributed by atoms with E-state index in [1.54, 1.807) is 24.4 Å². The van der Waals surface area contributed by atoms with E-state index >= 15 is 0 Å². The second-order valence-electron chi connectivity index (χ2n) is 3.79. The van der Waals surface area contributed by atoms with Crippen molar-refractivity contribution in [2.24, 2.45) is 5.10 Å². The van der Waals surface area contributed by atoms with Gasteiger partial charge in [0.25, 0.3) is 0 Å². The van der Waals surface area contributed by atoms with Gasteiger partial charge in [-0.05, 0) is 12.1 Å². The van der Waals surface area contributed by atoms with E-state index in [1.165, 1.54) is 16.3 Å². The molecule has 2 aromatic heterocycles. The zero-order valence-corrected chi connectivity index (χ0v) is 11.5. The minimum Gasteiger partial charge on any atom is -0.243 e. The molecule has 3 heterocycles. The molecule has 0 saturated carbocycles. The quantitative estimate of drug-likeness (QED) is 0.849. The summed E-state index contributed by atoms with van der Waals surface area (Å²) in [6.07, 6.45) is -2.76. The lowest BCUT2D eigenvalue weighted by Crippen LogP contribution is -2.18. The third-order valence-corrected chi connectivity index (χ3v) is 4.18. The first-order valence-electron chi connectivity index (χ1n) is 5.47. The first-order valence-corrected chi connectivity index (χ1v) is 7.33. The van der Waals surface area contributed by atoms with Crippen LogP contribution < -0.4 is 5.01 Å². The van der Waals surface area contributed by atoms with Crippen LogP contribution in [0.25, 0.3) is 10.7 Å². The number of nitrogens with zero attached hydrogens (tertiary/aromatic N) is 4. The highest BCUT2D eigenvalue weighted by molar-refractivity contribution is 8.14. The van der Waals surface area contributed by atoms with E-state index in [0.29, 0.717) is 23.3 Å². The van der Waals surface area contributed by atoms with Crippen molar-refractivity contribution >= 4 is 34.0 Å². The van der Waals surface area contributed by atoms with Gasteiger partial charge in [-0.15, -0.1) is 11.3 Å². The summed E-state index contributed by atoms with van der Waals surface area (Å²) < 4.78 is 37.6. The Morgan fingerprint density at radius 3 is 2.75 bits per heavy atom. The van der Waals surface area contributed by atoms with Gasteiger partial charge in [-0.1, -0.05) is 17.8 Å². The maximum atomic E-state index is 12.5. The number of thioether (sulfide) groups is 1. The molecule has 0 spiro atoms. The van der Waals surface area contributed by atoms with Gasteiger partial charge in [-0.25, -0.2) is 15.0 Å². The van der Waals surface area contributed by atoms with E-state index in [1.807, 2.05) is 5.38 Å². The van der Waals surface area contributed by atoms with Gasteiger partial charge in [0.2, 0.25) is 0 Å². The van der Waals surface area contributed by atoms with Crippen LogP contribution in [-0.4, -0.2) is 27.1 Å². The van der Waals surface area contributed by atoms with Crippen LogP contribution in [0.1, 0.15) is 0 Å². The lowest BCUT2D eigenvalue weighted by atomic mass is 10.3. The standard InChI is InChI=1S/C11H7F3N4S2/c12-11(13,14)10-17-18(6-20-10)8-3-1-2-7(16-8)9-15-4-5-19-9/h1-5H,6H2. The third kappa shape index (κ3) is 2.63. The number of hydrogen-bond donors (Lipinski definition) is 0. The molecule has 0 bridgehead atoms. The highest BCUT2D eigenvalue weighted by Crippen LogP contribution is 2.33. The molecular weight excluding hydrogens is 309 g/mol. The monoisotopic (exact) mass is 316 g/mol. The molecule has 0 radical (unpaired) electrons. The predicted octanol–water partition coefficient (Wildman–Crippen LogP) is 3.59. The van der Waals surface area contributed by atoms with Crippen LogP contribution in [0, 0.1) is 0 Å². The van der Waals surface area contributed by atoms with Crippen molar-refractivity contribution in [1.82, 2.24) is 9.97 Å². The highest BCUT2D eigenvalue weighted by Gasteiger charge is 2.40. The van der Waals surface area contributed by atoms with E-state index in [-0.39, 0.29) is 5.88 Å². The lowest BCUT2D eigenvalue weighted by molar-refractivity contribution is -0.0554. The number of thiazole rings is 1. The third-order valence-electron chi connectivity index (χ3n) is 2.43. The van der Waals surface area contributed by atoms with E-state index < -0.39 is 11.2 Å². The summed E-state index contributed by atoms with van der Waals surface area (Å²) in [5.74, 6) is 0.479. The Balaban J connectivity index is 1.89. The Labute approximate surface area is 120 Å². The minimum atomic E-state index is -4.41. The van der Waals surface area contributed by atoms with Gasteiger partial charge < -0.3 is 0 Å². The van der Waals surface area contributed by atoms with Crippen LogP contribution >= 0.6 is 23.1 Å². The Kier molecular flexibility index (Phi) is 3.38. The van der Waals surface area contributed by atoms with Gasteiger partial charge in [0.1, 0.15) is 16.5 Å². The zero-order chi connectivity index (χ0) is 14.2. The van der Waals surface area contributed by atoms with Gasteiger partial charge in [-0.2, -0.15) is 18.3 Å². The number of alkyl halides is 3. The molecule has 1 aliphatic heterocycles. The Morgan fingerprint density at radius 1 is 1.25 bits per heavy atom. The normalized spacial score (nSPS) is 15.6. The van der Waals surface area contributed by atoms with Gasteiger partial charge >= 0.3 is 6.18 Å². The number of halogens is 3. The fraction of sp³-hybridized carbons (Fsp3) is 0.182. The maximum Gasteiger partial charge on any atom is 0.441 e. The van der Waals surface area contributed by atoms with Crippen molar-refractivity contribution in [2.45, 2.75) is 6.18 Å². The van der Waals surface area contributed by atoms with E-state index in [4.69, 9.17) is 0 Å². The number of anilines is 1. The Hall–Kier alpha value is -1.61. The average Bonchev–Trinajstić information content (AvgIpc) is 3.10. The summed E-state index contributed by atoms with van der Waals surface area (Å²) in [4.78, 5) is 8.42. The fourth-order valence-electron chi connectivity index (χ4n) is 1.58. The van der Waals surface area contributed by atoms with Crippen molar-refractivity contribution in [1.29, 1.82) is 0 Å². The molecule has 104 valence electrons. The highest BCUT2D eigenvalue weighted by atomic mass is 32.2. The largest absolute Gasteiger partial charge is 0.441 e. The number of pyridine rings is 1. The zero-order valence-electron chi connectivity index (χ0n) is 9.83. The molecule has 0 fully saturated rings. The average molecular weight is 316 g/mol. The minimum absolute atomic E-state index is 0.100. The van der Waals surface area contributed by atoms with E-state index in [0.717, 1.165) is 5.01 Å². The molecule has 0 amide bonds. The summed E-state index contributed by atoms with van der Waals surface area (Å²) in [5, 5.41) is 6.49. The number of hydrogen-bond acceptors (Lipinski definition) is 6. The van der Waals surface area contributed by atoms with Crippen LogP contribution in [-0.2, 0) is 0 Å². The molecule has 0 atom stereocenters. The molecule has 0 aliphatic carbocycles. The molecule has 9 heteroatoms. The topological polar surface area (TPSA) is 41.4 Å². The Bertz CT molecular complexity index is 639. The second kappa shape index (κ2) is 5.06. The summed E-state index contributed by atoms with van der Waals surface area (Å²) in [6.45, 7) is 0. The van der Waals surface area contributed by atoms with E-state index in [9.17, 15) is 13.2 Å². The molecule has 0 saturated heterocycles. The second-order valence-corrected chi connectivity index (χ2v) is 5.62. The van der Waals surface area contributed by atoms with Crippen molar-refractivity contribution in [2.75, 3.05) is 10.9 Å². The van der Waals surface area contributed by atoms with Crippen molar-refractivity contribution in [3.63, 3.8) is 0 Å². The molecule has 2 aromatic rings. The Morgan fingerprint density at radius 2 is 2.10 bits per heavy atom. The molecule has 0 unspecified atom stereocenters. The molecule has 3 rings (SSSR count). The summed E-state index contributed by atoms with van der Waals surface area (Å²) in [6, 6.07) is 5.12. The number of rotatable bonds is 2. The van der Waals surface area contributed by atoms with Crippen LogP contribution in [0.15, 0.2) is 34.9 Å². The van der Waals surface area contributed by atoms with Crippen LogP contribution in [0.3, 0.4) is 0 Å². The van der Waals surface area contributed by atoms with Crippen molar-refractivity contribution < 1.29 is 13.2 Å². The first kappa shape index (κ1) is 13.4. The lowest BCUT2D eigenvalue weighted by Gasteiger charge is -2.11. The maximum absolute atomic E-state index is 12.5.